The molecule has 132 valence electrons. The number of phenols is 2. The molecule has 1 aromatic heterocycles. The first kappa shape index (κ1) is 19.8. The van der Waals surface area contributed by atoms with Gasteiger partial charge in [0.15, 0.2) is 5.16 Å². The van der Waals surface area contributed by atoms with E-state index in [2.05, 4.69) is 46.4 Å². The molecule has 0 saturated heterocycles. The Labute approximate surface area is 147 Å². The summed E-state index contributed by atoms with van der Waals surface area (Å²) in [6.07, 6.45) is 1.95. The zero-order valence-corrected chi connectivity index (χ0v) is 15.5. The molecule has 0 aliphatic heterocycles. The number of nitrogens with one attached hydrogen (secondary N) is 2. The number of thioether (sulfide) groups is 1. The van der Waals surface area contributed by atoms with E-state index in [0.29, 0.717) is 11.9 Å². The van der Waals surface area contributed by atoms with Crippen molar-refractivity contribution in [1.29, 1.82) is 0 Å². The number of phenolic OH excluding ortho intramolecular Hbond substituents is 2. The molecule has 0 radical (unpaired) electrons. The van der Waals surface area contributed by atoms with Crippen LogP contribution in [-0.2, 0) is 0 Å². The summed E-state index contributed by atoms with van der Waals surface area (Å²) < 4.78 is 0. The van der Waals surface area contributed by atoms with Gasteiger partial charge in [-0.2, -0.15) is 15.0 Å². The Hall–Kier alpha value is -2.22. The Morgan fingerprint density at radius 3 is 1.88 bits per heavy atom. The smallest absolute Gasteiger partial charge is 0.228 e. The number of nitrogens with zero attached hydrogens (tertiary/aromatic N) is 3. The maximum atomic E-state index is 8.65. The summed E-state index contributed by atoms with van der Waals surface area (Å²) in [6.45, 7) is 9.03. The molecule has 4 N–H and O–H groups in total. The minimum absolute atomic E-state index is 0.0550. The van der Waals surface area contributed by atoms with E-state index in [9.17, 15) is 0 Å². The van der Waals surface area contributed by atoms with Crippen LogP contribution in [0.1, 0.15) is 27.7 Å². The van der Waals surface area contributed by atoms with Gasteiger partial charge in [-0.25, -0.2) is 0 Å². The summed E-state index contributed by atoms with van der Waals surface area (Å²) in [6, 6.07) is 5.70. The molecule has 24 heavy (non-hydrogen) atoms. The summed E-state index contributed by atoms with van der Waals surface area (Å²) >= 11 is 1.51. The van der Waals surface area contributed by atoms with Crippen LogP contribution in [0.2, 0.25) is 0 Å². The molecule has 2 aromatic rings. The van der Waals surface area contributed by atoms with Gasteiger partial charge in [-0.05, 0) is 58.2 Å². The number of anilines is 2. The average Bonchev–Trinajstić information content (AvgIpc) is 2.49. The van der Waals surface area contributed by atoms with E-state index in [1.165, 1.54) is 36.0 Å². The van der Waals surface area contributed by atoms with Gasteiger partial charge in [0.25, 0.3) is 0 Å². The lowest BCUT2D eigenvalue weighted by molar-refractivity contribution is 0.460. The third-order valence-electron chi connectivity index (χ3n) is 2.47. The van der Waals surface area contributed by atoms with Crippen molar-refractivity contribution in [3.05, 3.63) is 24.3 Å². The van der Waals surface area contributed by atoms with Crippen molar-refractivity contribution in [1.82, 2.24) is 15.0 Å². The Morgan fingerprint density at radius 2 is 1.46 bits per heavy atom. The van der Waals surface area contributed by atoms with Gasteiger partial charge >= 0.3 is 0 Å². The largest absolute Gasteiger partial charge is 0.508 e. The summed E-state index contributed by atoms with van der Waals surface area (Å²) in [4.78, 5) is 12.9. The molecule has 7 nitrogen and oxygen atoms in total. The van der Waals surface area contributed by atoms with Crippen molar-refractivity contribution in [2.75, 3.05) is 23.4 Å². The zero-order valence-electron chi connectivity index (χ0n) is 14.7. The number of aromatic nitrogens is 3. The number of hydrogen-bond donors (Lipinski definition) is 4. The molecule has 2 rings (SSSR count). The number of hydrogen-bond acceptors (Lipinski definition) is 8. The molecule has 1 heterocycles. The van der Waals surface area contributed by atoms with Crippen LogP contribution >= 0.6 is 11.8 Å². The second-order valence-corrected chi connectivity index (χ2v) is 6.66. The third-order valence-corrected chi connectivity index (χ3v) is 3.02. The predicted octanol–water partition coefficient (Wildman–Crippen LogP) is 3.33. The van der Waals surface area contributed by atoms with Gasteiger partial charge in [-0.1, -0.05) is 11.8 Å². The maximum absolute atomic E-state index is 8.65. The fourth-order valence-electron chi connectivity index (χ4n) is 1.53. The average molecular weight is 351 g/mol. The fourth-order valence-corrected chi connectivity index (χ4v) is 1.88. The molecule has 0 saturated carbocycles. The molecular weight excluding hydrogens is 326 g/mol. The van der Waals surface area contributed by atoms with E-state index in [1.807, 2.05) is 13.2 Å². The minimum Gasteiger partial charge on any atom is -0.508 e. The monoisotopic (exact) mass is 351 g/mol. The normalized spacial score (nSPS) is 10.5. The summed E-state index contributed by atoms with van der Waals surface area (Å²) in [5, 5.41) is 24.3. The van der Waals surface area contributed by atoms with Crippen LogP contribution in [0.25, 0.3) is 0 Å². The summed E-state index contributed by atoms with van der Waals surface area (Å²) in [7, 11) is 0. The van der Waals surface area contributed by atoms with Crippen LogP contribution in [0.3, 0.4) is 0 Å². The second-order valence-electron chi connectivity index (χ2n) is 5.89. The van der Waals surface area contributed by atoms with Gasteiger partial charge in [0.1, 0.15) is 11.5 Å². The molecule has 0 aliphatic rings. The van der Waals surface area contributed by atoms with E-state index < -0.39 is 0 Å². The van der Waals surface area contributed by atoms with E-state index in [-0.39, 0.29) is 17.0 Å². The van der Waals surface area contributed by atoms with Gasteiger partial charge in [-0.3, -0.25) is 0 Å². The summed E-state index contributed by atoms with van der Waals surface area (Å²) in [5.74, 6) is 1.57. The number of benzene rings is 1. The zero-order chi connectivity index (χ0) is 18.2. The van der Waals surface area contributed by atoms with Crippen molar-refractivity contribution in [3.8, 4) is 11.5 Å². The predicted molar refractivity (Wildman–Crippen MR) is 98.9 cm³/mol. The Bertz CT molecular complexity index is 608. The molecule has 0 unspecified atom stereocenters. The van der Waals surface area contributed by atoms with E-state index >= 15 is 0 Å². The maximum Gasteiger partial charge on any atom is 0.228 e. The molecule has 0 aliphatic carbocycles. The highest BCUT2D eigenvalue weighted by Gasteiger charge is 2.13. The highest BCUT2D eigenvalue weighted by atomic mass is 32.2. The molecule has 0 atom stereocenters. The van der Waals surface area contributed by atoms with Crippen LogP contribution < -0.4 is 10.6 Å². The SMILES string of the molecule is CCNc1nc(NC(C)(C)C)nc(SC)n1.Oc1ccc(O)cc1. The van der Waals surface area contributed by atoms with Crippen molar-refractivity contribution in [3.63, 3.8) is 0 Å². The first-order valence-corrected chi connectivity index (χ1v) is 8.76. The van der Waals surface area contributed by atoms with Crippen molar-refractivity contribution in [2.24, 2.45) is 0 Å². The lowest BCUT2D eigenvalue weighted by Crippen LogP contribution is -2.27. The number of rotatable bonds is 4. The topological polar surface area (TPSA) is 103 Å². The molecule has 1 aromatic carbocycles. The van der Waals surface area contributed by atoms with E-state index in [1.54, 1.807) is 0 Å². The molecular formula is C16H25N5O2S. The molecule has 0 amide bonds. The van der Waals surface area contributed by atoms with Crippen molar-refractivity contribution < 1.29 is 10.2 Å². The lowest BCUT2D eigenvalue weighted by atomic mass is 10.1. The molecule has 8 heteroatoms. The second kappa shape index (κ2) is 9.17. The van der Waals surface area contributed by atoms with Gasteiger partial charge in [0.2, 0.25) is 11.9 Å². The number of aromatic hydroxyl groups is 2. The van der Waals surface area contributed by atoms with E-state index in [4.69, 9.17) is 10.2 Å². The van der Waals surface area contributed by atoms with Crippen molar-refractivity contribution in [2.45, 2.75) is 38.4 Å². The quantitative estimate of drug-likeness (QED) is 0.491. The molecule has 0 spiro atoms. The van der Waals surface area contributed by atoms with Crippen LogP contribution in [0, 0.1) is 0 Å². The Morgan fingerprint density at radius 1 is 0.958 bits per heavy atom. The molecule has 0 bridgehead atoms. The van der Waals surface area contributed by atoms with Crippen molar-refractivity contribution >= 4 is 23.7 Å². The van der Waals surface area contributed by atoms with Crippen LogP contribution in [-0.4, -0.2) is 43.5 Å². The Kier molecular flexibility index (Phi) is 7.57. The first-order chi connectivity index (χ1) is 11.2. The van der Waals surface area contributed by atoms with Gasteiger partial charge in [0, 0.05) is 12.1 Å². The highest BCUT2D eigenvalue weighted by molar-refractivity contribution is 7.98. The fraction of sp³-hybridized carbons (Fsp3) is 0.438. The first-order valence-electron chi connectivity index (χ1n) is 7.53. The Balaban J connectivity index is 0.000000300. The van der Waals surface area contributed by atoms with Gasteiger partial charge in [0.05, 0.1) is 0 Å². The van der Waals surface area contributed by atoms with Crippen LogP contribution in [0.4, 0.5) is 11.9 Å². The summed E-state index contributed by atoms with van der Waals surface area (Å²) in [5.41, 5.74) is -0.0550. The lowest BCUT2D eigenvalue weighted by Gasteiger charge is -2.20. The standard InChI is InChI=1S/C10H19N5S.C6H6O2/c1-6-11-7-12-8(15-10(2,3)4)14-9(13-7)16-5;7-5-1-2-6(8)4-3-5/h6H2,1-5H3,(H2,11,12,13,14,15);1-4,7-8H. The van der Waals surface area contributed by atoms with E-state index in [0.717, 1.165) is 11.7 Å². The highest BCUT2D eigenvalue weighted by Crippen LogP contribution is 2.16. The van der Waals surface area contributed by atoms with Crippen LogP contribution in [0.5, 0.6) is 11.5 Å². The minimum atomic E-state index is -0.0550. The van der Waals surface area contributed by atoms with Gasteiger partial charge in [-0.15, -0.1) is 0 Å². The third kappa shape index (κ3) is 7.87. The van der Waals surface area contributed by atoms with Gasteiger partial charge < -0.3 is 20.8 Å². The van der Waals surface area contributed by atoms with Crippen LogP contribution in [0.15, 0.2) is 29.4 Å². The molecule has 0 fully saturated rings.